The van der Waals surface area contributed by atoms with E-state index in [1.54, 1.807) is 0 Å². The maximum absolute atomic E-state index is 10.2. The molecule has 0 fully saturated rings. The van der Waals surface area contributed by atoms with E-state index in [0.29, 0.717) is 13.1 Å². The lowest BCUT2D eigenvalue weighted by Gasteiger charge is -2.28. The lowest BCUT2D eigenvalue weighted by Crippen LogP contribution is -2.32. The fourth-order valence-corrected chi connectivity index (χ4v) is 2.15. The number of rotatable bonds is 5. The van der Waals surface area contributed by atoms with E-state index < -0.39 is 6.10 Å². The van der Waals surface area contributed by atoms with Crippen LogP contribution >= 0.6 is 0 Å². The zero-order valence-corrected chi connectivity index (χ0v) is 12.0. The molecule has 1 unspecified atom stereocenters. The molecule has 0 spiro atoms. The van der Waals surface area contributed by atoms with Gasteiger partial charge < -0.3 is 15.7 Å². The first-order chi connectivity index (χ1) is 8.31. The van der Waals surface area contributed by atoms with Crippen LogP contribution in [0.4, 0.5) is 0 Å². The molecule has 0 aliphatic rings. The first-order valence-electron chi connectivity index (χ1n) is 6.47. The molecular formula is C15H26N2O. The quantitative estimate of drug-likeness (QED) is 0.842. The van der Waals surface area contributed by atoms with E-state index >= 15 is 0 Å². The van der Waals surface area contributed by atoms with Crippen molar-refractivity contribution in [2.75, 3.05) is 20.1 Å². The summed E-state index contributed by atoms with van der Waals surface area (Å²) in [5, 5.41) is 10.2. The molecule has 0 saturated carbocycles. The van der Waals surface area contributed by atoms with Gasteiger partial charge in [-0.15, -0.1) is 0 Å². The summed E-state index contributed by atoms with van der Waals surface area (Å²) in [5.74, 6) is 0. The van der Waals surface area contributed by atoms with Gasteiger partial charge in [0.05, 0.1) is 6.10 Å². The molecule has 3 nitrogen and oxygen atoms in total. The Bertz CT molecular complexity index is 354. The van der Waals surface area contributed by atoms with Crippen LogP contribution in [-0.2, 0) is 6.54 Å². The number of hydrogen-bond donors (Lipinski definition) is 2. The van der Waals surface area contributed by atoms with Crippen LogP contribution in [0.3, 0.4) is 0 Å². The minimum absolute atomic E-state index is 0.248. The SMILES string of the molecule is CN(CC(O)c1ccc(CN)cc1)CC(C)(C)C. The molecular weight excluding hydrogens is 224 g/mol. The summed E-state index contributed by atoms with van der Waals surface area (Å²) < 4.78 is 0. The van der Waals surface area contributed by atoms with Gasteiger partial charge in [-0.3, -0.25) is 0 Å². The standard InChI is InChI=1S/C15H26N2O/c1-15(2,3)11-17(4)10-14(18)13-7-5-12(9-16)6-8-13/h5-8,14,18H,9-11,16H2,1-4H3. The number of aliphatic hydroxyl groups excluding tert-OH is 1. The van der Waals surface area contributed by atoms with Gasteiger partial charge in [0.1, 0.15) is 0 Å². The second kappa shape index (κ2) is 6.32. The minimum atomic E-state index is -0.441. The fraction of sp³-hybridized carbons (Fsp3) is 0.600. The van der Waals surface area contributed by atoms with Crippen LogP contribution in [0.5, 0.6) is 0 Å². The van der Waals surface area contributed by atoms with Crippen molar-refractivity contribution in [2.45, 2.75) is 33.4 Å². The zero-order valence-electron chi connectivity index (χ0n) is 12.0. The molecule has 0 aromatic heterocycles. The number of aliphatic hydroxyl groups is 1. The van der Waals surface area contributed by atoms with Crippen LogP contribution in [-0.4, -0.2) is 30.1 Å². The van der Waals surface area contributed by atoms with Crippen LogP contribution in [0.15, 0.2) is 24.3 Å². The topological polar surface area (TPSA) is 49.5 Å². The molecule has 0 bridgehead atoms. The van der Waals surface area contributed by atoms with Gasteiger partial charge in [0, 0.05) is 19.6 Å². The van der Waals surface area contributed by atoms with E-state index in [1.807, 2.05) is 31.3 Å². The van der Waals surface area contributed by atoms with E-state index in [-0.39, 0.29) is 5.41 Å². The van der Waals surface area contributed by atoms with Gasteiger partial charge in [-0.2, -0.15) is 0 Å². The predicted molar refractivity (Wildman–Crippen MR) is 76.2 cm³/mol. The van der Waals surface area contributed by atoms with Gasteiger partial charge in [-0.25, -0.2) is 0 Å². The van der Waals surface area contributed by atoms with Crippen molar-refractivity contribution >= 4 is 0 Å². The molecule has 1 aromatic rings. The molecule has 102 valence electrons. The van der Waals surface area contributed by atoms with Gasteiger partial charge in [0.15, 0.2) is 0 Å². The summed E-state index contributed by atoms with van der Waals surface area (Å²) >= 11 is 0. The van der Waals surface area contributed by atoms with Gasteiger partial charge in [-0.05, 0) is 23.6 Å². The lowest BCUT2D eigenvalue weighted by molar-refractivity contribution is 0.108. The van der Waals surface area contributed by atoms with Crippen LogP contribution < -0.4 is 5.73 Å². The highest BCUT2D eigenvalue weighted by molar-refractivity contribution is 5.24. The Morgan fingerprint density at radius 2 is 1.78 bits per heavy atom. The monoisotopic (exact) mass is 250 g/mol. The summed E-state index contributed by atoms with van der Waals surface area (Å²) in [6.07, 6.45) is -0.441. The molecule has 0 radical (unpaired) electrons. The number of nitrogens with zero attached hydrogens (tertiary/aromatic N) is 1. The maximum Gasteiger partial charge on any atom is 0.0916 e. The van der Waals surface area contributed by atoms with Crippen LogP contribution in [0, 0.1) is 5.41 Å². The molecule has 0 amide bonds. The molecule has 0 aliphatic heterocycles. The highest BCUT2D eigenvalue weighted by Gasteiger charge is 2.16. The molecule has 1 aromatic carbocycles. The molecule has 0 aliphatic carbocycles. The third kappa shape index (κ3) is 5.17. The van der Waals surface area contributed by atoms with E-state index in [9.17, 15) is 5.11 Å². The van der Waals surface area contributed by atoms with Crippen molar-refractivity contribution in [2.24, 2.45) is 11.1 Å². The van der Waals surface area contributed by atoms with Gasteiger partial charge in [0.25, 0.3) is 0 Å². The van der Waals surface area contributed by atoms with E-state index in [0.717, 1.165) is 17.7 Å². The highest BCUT2D eigenvalue weighted by atomic mass is 16.3. The Kier molecular flexibility index (Phi) is 5.32. The third-order valence-electron chi connectivity index (χ3n) is 2.83. The molecule has 3 heteroatoms. The Morgan fingerprint density at radius 3 is 2.22 bits per heavy atom. The molecule has 0 heterocycles. The van der Waals surface area contributed by atoms with Crippen molar-refractivity contribution in [1.82, 2.24) is 4.90 Å². The second-order valence-electron chi connectivity index (χ2n) is 6.22. The Morgan fingerprint density at radius 1 is 1.22 bits per heavy atom. The minimum Gasteiger partial charge on any atom is -0.387 e. The molecule has 1 atom stereocenters. The van der Waals surface area contributed by atoms with Gasteiger partial charge in [-0.1, -0.05) is 45.0 Å². The average molecular weight is 250 g/mol. The summed E-state index contributed by atoms with van der Waals surface area (Å²) in [7, 11) is 2.04. The Labute approximate surface area is 111 Å². The number of benzene rings is 1. The van der Waals surface area contributed by atoms with Crippen molar-refractivity contribution in [3.63, 3.8) is 0 Å². The van der Waals surface area contributed by atoms with Gasteiger partial charge in [0.2, 0.25) is 0 Å². The van der Waals surface area contributed by atoms with E-state index in [4.69, 9.17) is 5.73 Å². The number of nitrogens with two attached hydrogens (primary N) is 1. The predicted octanol–water partition coefficient (Wildman–Crippen LogP) is 2.16. The molecule has 1 rings (SSSR count). The van der Waals surface area contributed by atoms with Crippen LogP contribution in [0.2, 0.25) is 0 Å². The summed E-state index contributed by atoms with van der Waals surface area (Å²) in [6, 6.07) is 7.86. The number of hydrogen-bond acceptors (Lipinski definition) is 3. The third-order valence-corrected chi connectivity index (χ3v) is 2.83. The normalized spacial score (nSPS) is 13.9. The summed E-state index contributed by atoms with van der Waals surface area (Å²) in [4.78, 5) is 2.17. The Hall–Kier alpha value is -0.900. The maximum atomic E-state index is 10.2. The van der Waals surface area contributed by atoms with E-state index in [2.05, 4.69) is 25.7 Å². The molecule has 18 heavy (non-hydrogen) atoms. The highest BCUT2D eigenvalue weighted by Crippen LogP contribution is 2.18. The Balaban J connectivity index is 2.56. The average Bonchev–Trinajstić information content (AvgIpc) is 2.26. The largest absolute Gasteiger partial charge is 0.387 e. The first-order valence-corrected chi connectivity index (χ1v) is 6.47. The van der Waals surface area contributed by atoms with Crippen molar-refractivity contribution in [1.29, 1.82) is 0 Å². The van der Waals surface area contributed by atoms with E-state index in [1.165, 1.54) is 0 Å². The zero-order chi connectivity index (χ0) is 13.8. The van der Waals surface area contributed by atoms with Crippen molar-refractivity contribution < 1.29 is 5.11 Å². The fourth-order valence-electron chi connectivity index (χ4n) is 2.15. The van der Waals surface area contributed by atoms with Gasteiger partial charge >= 0.3 is 0 Å². The lowest BCUT2D eigenvalue weighted by atomic mass is 9.96. The van der Waals surface area contributed by atoms with Crippen molar-refractivity contribution in [3.05, 3.63) is 35.4 Å². The number of likely N-dealkylation sites (N-methyl/N-ethyl adjacent to an activating group) is 1. The van der Waals surface area contributed by atoms with Crippen LogP contribution in [0.25, 0.3) is 0 Å². The van der Waals surface area contributed by atoms with Crippen molar-refractivity contribution in [3.8, 4) is 0 Å². The smallest absolute Gasteiger partial charge is 0.0916 e. The molecule has 0 saturated heterocycles. The summed E-state index contributed by atoms with van der Waals surface area (Å²) in [5.41, 5.74) is 7.85. The second-order valence-corrected chi connectivity index (χ2v) is 6.22. The molecule has 3 N–H and O–H groups in total. The first kappa shape index (κ1) is 15.2. The summed E-state index contributed by atoms with van der Waals surface area (Å²) in [6.45, 7) is 8.76. The van der Waals surface area contributed by atoms with Crippen LogP contribution in [0.1, 0.15) is 38.0 Å².